The van der Waals surface area contributed by atoms with Crippen molar-refractivity contribution in [1.29, 1.82) is 0 Å². The van der Waals surface area contributed by atoms with Gasteiger partial charge >= 0.3 is 6.18 Å². The summed E-state index contributed by atoms with van der Waals surface area (Å²) in [6, 6.07) is 7.43. The van der Waals surface area contributed by atoms with Gasteiger partial charge in [0.1, 0.15) is 5.82 Å². The van der Waals surface area contributed by atoms with Crippen LogP contribution in [0.1, 0.15) is 15.9 Å². The number of benzene rings is 1. The fourth-order valence-corrected chi connectivity index (χ4v) is 1.59. The van der Waals surface area contributed by atoms with Gasteiger partial charge in [-0.25, -0.2) is 4.98 Å². The third kappa shape index (κ3) is 3.05. The molecule has 0 saturated carbocycles. The number of nitrogens with two attached hydrogens (primary N) is 1. The molecule has 0 unspecified atom stereocenters. The van der Waals surface area contributed by atoms with Crippen LogP contribution in [0, 0.1) is 0 Å². The van der Waals surface area contributed by atoms with E-state index in [4.69, 9.17) is 5.73 Å². The van der Waals surface area contributed by atoms with Crippen molar-refractivity contribution in [3.63, 3.8) is 0 Å². The van der Waals surface area contributed by atoms with Crippen molar-refractivity contribution in [3.05, 3.63) is 53.7 Å². The summed E-state index contributed by atoms with van der Waals surface area (Å²) >= 11 is 0. The molecule has 0 saturated heterocycles. The van der Waals surface area contributed by atoms with Gasteiger partial charge in [0.15, 0.2) is 0 Å². The lowest BCUT2D eigenvalue weighted by Gasteiger charge is -2.12. The van der Waals surface area contributed by atoms with E-state index in [2.05, 4.69) is 10.3 Å². The molecule has 1 amide bonds. The van der Waals surface area contributed by atoms with Gasteiger partial charge in [-0.3, -0.25) is 4.79 Å². The van der Waals surface area contributed by atoms with E-state index >= 15 is 0 Å². The van der Waals surface area contributed by atoms with Crippen molar-refractivity contribution in [3.8, 4) is 0 Å². The summed E-state index contributed by atoms with van der Waals surface area (Å²) < 4.78 is 38.4. The van der Waals surface area contributed by atoms with Crippen LogP contribution in [0.25, 0.3) is 0 Å². The molecule has 1 heterocycles. The highest BCUT2D eigenvalue weighted by Gasteiger charge is 2.34. The highest BCUT2D eigenvalue weighted by atomic mass is 19.4. The summed E-state index contributed by atoms with van der Waals surface area (Å²) in [6.45, 7) is 0. The first-order chi connectivity index (χ1) is 9.38. The second kappa shape index (κ2) is 5.20. The Bertz CT molecular complexity index is 624. The normalized spacial score (nSPS) is 11.2. The minimum Gasteiger partial charge on any atom is -0.397 e. The topological polar surface area (TPSA) is 68.0 Å². The van der Waals surface area contributed by atoms with Crippen LogP contribution in [-0.4, -0.2) is 10.9 Å². The van der Waals surface area contributed by atoms with Crippen LogP contribution in [0.4, 0.5) is 24.7 Å². The second-order valence-corrected chi connectivity index (χ2v) is 3.97. The predicted molar refractivity (Wildman–Crippen MR) is 68.0 cm³/mol. The van der Waals surface area contributed by atoms with Crippen LogP contribution in [0.3, 0.4) is 0 Å². The number of halogens is 3. The van der Waals surface area contributed by atoms with Gasteiger partial charge in [-0.2, -0.15) is 13.2 Å². The average molecular weight is 281 g/mol. The molecule has 0 bridgehead atoms. The minimum absolute atomic E-state index is 0.126. The maximum absolute atomic E-state index is 12.8. The smallest absolute Gasteiger partial charge is 0.397 e. The van der Waals surface area contributed by atoms with Gasteiger partial charge in [-0.05, 0) is 24.3 Å². The fourth-order valence-electron chi connectivity index (χ4n) is 1.59. The molecule has 2 aromatic rings. The first-order valence-electron chi connectivity index (χ1n) is 5.57. The third-order valence-corrected chi connectivity index (χ3v) is 2.51. The van der Waals surface area contributed by atoms with E-state index in [0.29, 0.717) is 5.69 Å². The Morgan fingerprint density at radius 3 is 2.45 bits per heavy atom. The van der Waals surface area contributed by atoms with Crippen LogP contribution in [0.2, 0.25) is 0 Å². The highest BCUT2D eigenvalue weighted by Crippen LogP contribution is 2.32. The molecular formula is C13H10F3N3O. The van der Waals surface area contributed by atoms with Crippen molar-refractivity contribution in [2.24, 2.45) is 0 Å². The van der Waals surface area contributed by atoms with E-state index in [0.717, 1.165) is 12.1 Å². The lowest BCUT2D eigenvalue weighted by Crippen LogP contribution is -2.19. The maximum atomic E-state index is 12.8. The van der Waals surface area contributed by atoms with Gasteiger partial charge in [-0.1, -0.05) is 12.1 Å². The standard InChI is InChI=1S/C13H10F3N3O/c14-13(15,16)10-4-2-1-3-9(10)12(20)19-11-6-5-8(17)7-18-11/h1-7H,17H2,(H,18,19,20). The summed E-state index contributed by atoms with van der Waals surface area (Å²) in [5.41, 5.74) is 4.36. The minimum atomic E-state index is -4.59. The highest BCUT2D eigenvalue weighted by molar-refractivity contribution is 6.05. The average Bonchev–Trinajstić information content (AvgIpc) is 2.40. The third-order valence-electron chi connectivity index (χ3n) is 2.51. The summed E-state index contributed by atoms with van der Waals surface area (Å²) in [5.74, 6) is -0.753. The number of nitrogen functional groups attached to an aromatic ring is 1. The molecule has 0 aliphatic heterocycles. The zero-order valence-electron chi connectivity index (χ0n) is 10.1. The number of alkyl halides is 3. The lowest BCUT2D eigenvalue weighted by atomic mass is 10.1. The Morgan fingerprint density at radius 2 is 1.85 bits per heavy atom. The van der Waals surface area contributed by atoms with Crippen molar-refractivity contribution >= 4 is 17.4 Å². The monoisotopic (exact) mass is 281 g/mol. The molecule has 0 atom stereocenters. The van der Waals surface area contributed by atoms with Crippen molar-refractivity contribution in [2.45, 2.75) is 6.18 Å². The number of nitrogens with zero attached hydrogens (tertiary/aromatic N) is 1. The maximum Gasteiger partial charge on any atom is 0.417 e. The van der Waals surface area contributed by atoms with Gasteiger partial charge in [0.25, 0.3) is 5.91 Å². The number of pyridine rings is 1. The molecule has 0 fully saturated rings. The Kier molecular flexibility index (Phi) is 3.60. The van der Waals surface area contributed by atoms with Crippen LogP contribution in [0.15, 0.2) is 42.6 Å². The molecule has 2 rings (SSSR count). The Labute approximate surface area is 112 Å². The van der Waals surface area contributed by atoms with E-state index in [9.17, 15) is 18.0 Å². The molecule has 7 heteroatoms. The molecule has 0 spiro atoms. The van der Waals surface area contributed by atoms with Gasteiger partial charge in [-0.15, -0.1) is 0 Å². The first-order valence-corrected chi connectivity index (χ1v) is 5.57. The van der Waals surface area contributed by atoms with Gasteiger partial charge in [0.2, 0.25) is 0 Å². The SMILES string of the molecule is Nc1ccc(NC(=O)c2ccccc2C(F)(F)F)nc1. The number of aromatic nitrogens is 1. The number of hydrogen-bond donors (Lipinski definition) is 2. The van der Waals surface area contributed by atoms with E-state index in [1.807, 2.05) is 0 Å². The van der Waals surface area contributed by atoms with Crippen LogP contribution >= 0.6 is 0 Å². The van der Waals surface area contributed by atoms with Gasteiger partial charge in [0.05, 0.1) is 23.0 Å². The van der Waals surface area contributed by atoms with Crippen LogP contribution in [0.5, 0.6) is 0 Å². The number of anilines is 2. The molecule has 0 aliphatic carbocycles. The van der Waals surface area contributed by atoms with E-state index in [1.54, 1.807) is 0 Å². The Morgan fingerprint density at radius 1 is 1.15 bits per heavy atom. The molecule has 3 N–H and O–H groups in total. The molecular weight excluding hydrogens is 271 g/mol. The number of nitrogens with one attached hydrogen (secondary N) is 1. The van der Waals surface area contributed by atoms with Crippen molar-refractivity contribution in [2.75, 3.05) is 11.1 Å². The van der Waals surface area contributed by atoms with Crippen LogP contribution < -0.4 is 11.1 Å². The van der Waals surface area contributed by atoms with E-state index in [1.165, 1.54) is 30.5 Å². The van der Waals surface area contributed by atoms with E-state index < -0.39 is 23.2 Å². The fraction of sp³-hybridized carbons (Fsp3) is 0.0769. The zero-order chi connectivity index (χ0) is 14.8. The Balaban J connectivity index is 2.28. The molecule has 1 aromatic heterocycles. The van der Waals surface area contributed by atoms with Gasteiger partial charge in [0, 0.05) is 0 Å². The summed E-state index contributed by atoms with van der Waals surface area (Å²) in [5, 5.41) is 2.29. The summed E-state index contributed by atoms with van der Waals surface area (Å²) in [6.07, 6.45) is -3.30. The number of carbonyl (C=O) groups is 1. The first kappa shape index (κ1) is 13.9. The van der Waals surface area contributed by atoms with Crippen LogP contribution in [-0.2, 0) is 6.18 Å². The predicted octanol–water partition coefficient (Wildman–Crippen LogP) is 2.93. The molecule has 20 heavy (non-hydrogen) atoms. The summed E-state index contributed by atoms with van der Waals surface area (Å²) in [4.78, 5) is 15.7. The quantitative estimate of drug-likeness (QED) is 0.889. The van der Waals surface area contributed by atoms with Gasteiger partial charge < -0.3 is 11.1 Å². The van der Waals surface area contributed by atoms with Crippen molar-refractivity contribution in [1.82, 2.24) is 4.98 Å². The summed E-state index contributed by atoms with van der Waals surface area (Å²) in [7, 11) is 0. The molecule has 104 valence electrons. The molecule has 1 aromatic carbocycles. The molecule has 0 radical (unpaired) electrons. The zero-order valence-corrected chi connectivity index (χ0v) is 10.1. The molecule has 4 nitrogen and oxygen atoms in total. The number of carbonyl (C=O) groups excluding carboxylic acids is 1. The molecule has 0 aliphatic rings. The number of amides is 1. The van der Waals surface area contributed by atoms with E-state index in [-0.39, 0.29) is 5.82 Å². The van der Waals surface area contributed by atoms with Crippen molar-refractivity contribution < 1.29 is 18.0 Å². The second-order valence-electron chi connectivity index (χ2n) is 3.97. The largest absolute Gasteiger partial charge is 0.417 e. The number of rotatable bonds is 2. The lowest BCUT2D eigenvalue weighted by molar-refractivity contribution is -0.137. The Hall–Kier alpha value is -2.57. The number of hydrogen-bond acceptors (Lipinski definition) is 3.